The molecule has 1 aliphatic heterocycles. The largest absolute Gasteiger partial charge is 0.378 e. The molecular formula is C25H26FN3O3. The van der Waals surface area contributed by atoms with E-state index in [0.29, 0.717) is 30.6 Å². The molecule has 2 fully saturated rings. The second kappa shape index (κ2) is 8.82. The number of aromatic nitrogens is 2. The highest BCUT2D eigenvalue weighted by Gasteiger charge is 2.28. The van der Waals surface area contributed by atoms with Gasteiger partial charge in [-0.2, -0.15) is 5.10 Å². The predicted octanol–water partition coefficient (Wildman–Crippen LogP) is 3.68. The smallest absolute Gasteiger partial charge is 0.272 e. The molecule has 0 bridgehead atoms. The molecule has 1 N–H and O–H groups in total. The highest BCUT2D eigenvalue weighted by Crippen LogP contribution is 2.30. The van der Waals surface area contributed by atoms with E-state index < -0.39 is 5.82 Å². The third kappa shape index (κ3) is 4.43. The topological polar surface area (TPSA) is 75.3 Å². The molecule has 32 heavy (non-hydrogen) atoms. The first kappa shape index (κ1) is 20.8. The van der Waals surface area contributed by atoms with Gasteiger partial charge in [-0.25, -0.2) is 9.49 Å². The highest BCUT2D eigenvalue weighted by molar-refractivity contribution is 5.95. The summed E-state index contributed by atoms with van der Waals surface area (Å²) in [6, 6.07) is 11.8. The van der Waals surface area contributed by atoms with Crippen molar-refractivity contribution in [3.63, 3.8) is 0 Å². The third-order valence-corrected chi connectivity index (χ3v) is 6.40. The number of nitrogens with one attached hydrogen (secondary N) is 1. The quantitative estimate of drug-likeness (QED) is 0.641. The van der Waals surface area contributed by atoms with Gasteiger partial charge in [0, 0.05) is 31.5 Å². The summed E-state index contributed by atoms with van der Waals surface area (Å²) in [5, 5.41) is 8.02. The van der Waals surface area contributed by atoms with Gasteiger partial charge in [-0.3, -0.25) is 9.59 Å². The molecule has 0 radical (unpaired) electrons. The van der Waals surface area contributed by atoms with Crippen molar-refractivity contribution >= 4 is 16.7 Å². The summed E-state index contributed by atoms with van der Waals surface area (Å²) in [6.45, 7) is 1.97. The number of benzene rings is 2. The molecule has 1 aliphatic carbocycles. The van der Waals surface area contributed by atoms with Gasteiger partial charge in [0.1, 0.15) is 5.82 Å². The average molecular weight is 435 g/mol. The van der Waals surface area contributed by atoms with Crippen molar-refractivity contribution in [2.75, 3.05) is 19.7 Å². The number of carbonyl (C=O) groups excluding carboxylic acids is 1. The lowest BCUT2D eigenvalue weighted by Crippen LogP contribution is -2.41. The number of aromatic amines is 1. The minimum absolute atomic E-state index is 0.0774. The Bertz CT molecular complexity index is 1200. The number of carbonyl (C=O) groups is 1. The second-order valence-electron chi connectivity index (χ2n) is 8.80. The molecule has 1 aromatic heterocycles. The molecule has 1 amide bonds. The van der Waals surface area contributed by atoms with E-state index in [1.165, 1.54) is 18.9 Å². The minimum atomic E-state index is -0.523. The summed E-state index contributed by atoms with van der Waals surface area (Å²) in [4.78, 5) is 26.8. The van der Waals surface area contributed by atoms with Crippen molar-refractivity contribution in [1.29, 1.82) is 0 Å². The number of fused-ring (bicyclic) bond motifs is 1. The van der Waals surface area contributed by atoms with Gasteiger partial charge in [-0.05, 0) is 55.4 Å². The average Bonchev–Trinajstić information content (AvgIpc) is 3.65. The summed E-state index contributed by atoms with van der Waals surface area (Å²) in [5.41, 5.74) is 1.28. The summed E-state index contributed by atoms with van der Waals surface area (Å²) in [5.74, 6) is -0.0880. The van der Waals surface area contributed by atoms with Crippen LogP contribution in [0.5, 0.6) is 0 Å². The van der Waals surface area contributed by atoms with Crippen molar-refractivity contribution in [3.8, 4) is 0 Å². The monoisotopic (exact) mass is 435 g/mol. The minimum Gasteiger partial charge on any atom is -0.378 e. The first-order valence-electron chi connectivity index (χ1n) is 11.2. The maximum atomic E-state index is 14.6. The van der Waals surface area contributed by atoms with Crippen LogP contribution in [0.4, 0.5) is 4.39 Å². The van der Waals surface area contributed by atoms with Gasteiger partial charge in [-0.1, -0.05) is 24.3 Å². The molecule has 1 saturated heterocycles. The summed E-state index contributed by atoms with van der Waals surface area (Å²) in [6.07, 6.45) is 4.67. The summed E-state index contributed by atoms with van der Waals surface area (Å²) < 4.78 is 20.5. The van der Waals surface area contributed by atoms with Gasteiger partial charge in [-0.15, -0.1) is 0 Å². The SMILES string of the molecule is O=C(c1cc(Cc2n[nH]c(=O)c3ccccc23)ccc1F)N1CCC(OCC2CC2)CC1. The van der Waals surface area contributed by atoms with Crippen molar-refractivity contribution in [3.05, 3.63) is 75.5 Å². The first-order valence-corrected chi connectivity index (χ1v) is 11.2. The lowest BCUT2D eigenvalue weighted by Gasteiger charge is -2.32. The van der Waals surface area contributed by atoms with E-state index in [1.807, 2.05) is 12.1 Å². The highest BCUT2D eigenvalue weighted by atomic mass is 19.1. The Labute approximate surface area is 185 Å². The van der Waals surface area contributed by atoms with Gasteiger partial charge < -0.3 is 9.64 Å². The van der Waals surface area contributed by atoms with Crippen LogP contribution in [-0.4, -0.2) is 46.8 Å². The standard InChI is InChI=1S/C25H26FN3O3/c26-22-8-7-17(14-23-19-3-1-2-4-20(19)24(30)28-27-23)13-21(22)25(31)29-11-9-18(10-12-29)32-15-16-5-6-16/h1-4,7-8,13,16,18H,5-6,9-12,14-15H2,(H,28,30). The number of piperidine rings is 1. The zero-order chi connectivity index (χ0) is 22.1. The number of halogens is 1. The number of H-pyrrole nitrogens is 1. The van der Waals surface area contributed by atoms with Gasteiger partial charge in [0.25, 0.3) is 11.5 Å². The molecule has 5 rings (SSSR count). The van der Waals surface area contributed by atoms with Crippen LogP contribution in [0.1, 0.15) is 47.3 Å². The lowest BCUT2D eigenvalue weighted by molar-refractivity contribution is 0.00401. The zero-order valence-electron chi connectivity index (χ0n) is 17.9. The van der Waals surface area contributed by atoms with Gasteiger partial charge >= 0.3 is 0 Å². The Morgan fingerprint density at radius 2 is 1.84 bits per heavy atom. The molecule has 3 aromatic rings. The fraction of sp³-hybridized carbons (Fsp3) is 0.400. The Morgan fingerprint density at radius 1 is 1.09 bits per heavy atom. The number of rotatable bonds is 6. The predicted molar refractivity (Wildman–Crippen MR) is 119 cm³/mol. The maximum Gasteiger partial charge on any atom is 0.272 e. The molecular weight excluding hydrogens is 409 g/mol. The van der Waals surface area contributed by atoms with Crippen molar-refractivity contribution < 1.29 is 13.9 Å². The Balaban J connectivity index is 1.30. The molecule has 0 spiro atoms. The van der Waals surface area contributed by atoms with Crippen molar-refractivity contribution in [2.45, 2.75) is 38.2 Å². The molecule has 0 unspecified atom stereocenters. The molecule has 6 nitrogen and oxygen atoms in total. The van der Waals surface area contributed by atoms with Crippen LogP contribution in [0, 0.1) is 11.7 Å². The number of hydrogen-bond donors (Lipinski definition) is 1. The maximum absolute atomic E-state index is 14.6. The van der Waals surface area contributed by atoms with Crippen molar-refractivity contribution in [2.24, 2.45) is 5.92 Å². The second-order valence-corrected chi connectivity index (χ2v) is 8.80. The van der Waals surface area contributed by atoms with Crippen LogP contribution in [-0.2, 0) is 11.2 Å². The van der Waals surface area contributed by atoms with Gasteiger partial charge in [0.05, 0.1) is 22.7 Å². The van der Waals surface area contributed by atoms with Crippen LogP contribution in [0.3, 0.4) is 0 Å². The molecule has 2 heterocycles. The van der Waals surface area contributed by atoms with Crippen molar-refractivity contribution in [1.82, 2.24) is 15.1 Å². The van der Waals surface area contributed by atoms with E-state index in [1.54, 1.807) is 29.2 Å². The third-order valence-electron chi connectivity index (χ3n) is 6.40. The number of hydrogen-bond acceptors (Lipinski definition) is 4. The fourth-order valence-corrected chi connectivity index (χ4v) is 4.30. The van der Waals surface area contributed by atoms with E-state index >= 15 is 0 Å². The molecule has 7 heteroatoms. The first-order chi connectivity index (χ1) is 15.6. The zero-order valence-corrected chi connectivity index (χ0v) is 17.9. The van der Waals surface area contributed by atoms with E-state index in [2.05, 4.69) is 10.2 Å². The van der Waals surface area contributed by atoms with E-state index in [9.17, 15) is 14.0 Å². The number of ether oxygens (including phenoxy) is 1. The van der Waals surface area contributed by atoms with Gasteiger partial charge in [0.15, 0.2) is 0 Å². The van der Waals surface area contributed by atoms with Crippen LogP contribution < -0.4 is 5.56 Å². The fourth-order valence-electron chi connectivity index (χ4n) is 4.30. The number of nitrogens with zero attached hydrogens (tertiary/aromatic N) is 2. The van der Waals surface area contributed by atoms with Crippen LogP contribution in [0.15, 0.2) is 47.3 Å². The Kier molecular flexibility index (Phi) is 5.74. The van der Waals surface area contributed by atoms with Crippen LogP contribution in [0.2, 0.25) is 0 Å². The summed E-state index contributed by atoms with van der Waals surface area (Å²) >= 11 is 0. The Hall–Kier alpha value is -3.06. The van der Waals surface area contributed by atoms with Crippen LogP contribution in [0.25, 0.3) is 10.8 Å². The summed E-state index contributed by atoms with van der Waals surface area (Å²) in [7, 11) is 0. The molecule has 2 aromatic carbocycles. The molecule has 0 atom stereocenters. The lowest BCUT2D eigenvalue weighted by atomic mass is 10.0. The van der Waals surface area contributed by atoms with E-state index in [0.717, 1.165) is 36.3 Å². The number of likely N-dealkylation sites (tertiary alicyclic amines) is 1. The van der Waals surface area contributed by atoms with Gasteiger partial charge in [0.2, 0.25) is 0 Å². The molecule has 2 aliphatic rings. The van der Waals surface area contributed by atoms with E-state index in [4.69, 9.17) is 4.74 Å². The normalized spacial score (nSPS) is 17.1. The molecule has 166 valence electrons. The number of amides is 1. The molecule has 1 saturated carbocycles. The van der Waals surface area contributed by atoms with Crippen LogP contribution >= 0.6 is 0 Å². The van der Waals surface area contributed by atoms with E-state index in [-0.39, 0.29) is 23.1 Å². The Morgan fingerprint density at radius 3 is 2.59 bits per heavy atom.